The molecule has 0 aliphatic carbocycles. The number of nitrogens with zero attached hydrogens (tertiary/aromatic N) is 3. The molecule has 3 fully saturated rings. The summed E-state index contributed by atoms with van der Waals surface area (Å²) in [5.41, 5.74) is 3.00. The number of hydrogen-bond donors (Lipinski definition) is 0. The lowest BCUT2D eigenvalue weighted by Gasteiger charge is -2.30. The number of rotatable bonds is 2. The molecule has 3 atom stereocenters. The van der Waals surface area contributed by atoms with E-state index in [2.05, 4.69) is 41.2 Å². The number of hydrazine groups is 1. The molecular weight excluding hydrogens is 374 g/mol. The molecule has 5 heteroatoms. The molecule has 3 heterocycles. The molecule has 3 aliphatic rings. The number of aryl methyl sites for hydroxylation is 1. The Hall–Kier alpha value is -3.02. The summed E-state index contributed by atoms with van der Waals surface area (Å²) in [6, 6.07) is 21.7. The zero-order valence-corrected chi connectivity index (χ0v) is 16.9. The average Bonchev–Trinajstić information content (AvgIpc) is 3.41. The van der Waals surface area contributed by atoms with Crippen LogP contribution in [0.25, 0.3) is 10.8 Å². The number of benzene rings is 3. The van der Waals surface area contributed by atoms with E-state index in [1.165, 1.54) is 10.5 Å². The van der Waals surface area contributed by atoms with Gasteiger partial charge in [-0.05, 0) is 30.4 Å². The van der Waals surface area contributed by atoms with Crippen LogP contribution in [0.5, 0.6) is 0 Å². The monoisotopic (exact) mass is 397 g/mol. The first-order valence-electron chi connectivity index (χ1n) is 10.6. The summed E-state index contributed by atoms with van der Waals surface area (Å²) in [4.78, 5) is 28.9. The van der Waals surface area contributed by atoms with E-state index in [9.17, 15) is 9.59 Å². The molecule has 3 aromatic rings. The van der Waals surface area contributed by atoms with Gasteiger partial charge in [0.2, 0.25) is 5.91 Å². The normalized spacial score (nSPS) is 26.6. The molecule has 0 radical (unpaired) electrons. The highest BCUT2D eigenvalue weighted by molar-refractivity contribution is 6.26. The number of anilines is 1. The van der Waals surface area contributed by atoms with E-state index < -0.39 is 6.04 Å². The van der Waals surface area contributed by atoms with Crippen molar-refractivity contribution in [1.82, 2.24) is 10.0 Å². The Kier molecular flexibility index (Phi) is 3.85. The second-order valence-electron chi connectivity index (χ2n) is 8.52. The van der Waals surface area contributed by atoms with Crippen LogP contribution in [0, 0.1) is 12.8 Å². The molecule has 0 saturated carbocycles. The summed E-state index contributed by atoms with van der Waals surface area (Å²) >= 11 is 0. The fourth-order valence-corrected chi connectivity index (χ4v) is 5.52. The van der Waals surface area contributed by atoms with Crippen molar-refractivity contribution in [2.45, 2.75) is 25.4 Å². The van der Waals surface area contributed by atoms with Crippen LogP contribution in [-0.2, 0) is 9.59 Å². The number of carbonyl (C=O) groups excluding carboxylic acids is 2. The first-order chi connectivity index (χ1) is 14.6. The molecule has 2 amide bonds. The Bertz CT molecular complexity index is 1170. The molecule has 3 aliphatic heterocycles. The predicted octanol–water partition coefficient (Wildman–Crippen LogP) is 3.68. The largest absolute Gasteiger partial charge is 0.274 e. The summed E-state index contributed by atoms with van der Waals surface area (Å²) < 4.78 is 0. The van der Waals surface area contributed by atoms with Crippen molar-refractivity contribution in [1.29, 1.82) is 0 Å². The van der Waals surface area contributed by atoms with Crippen LogP contribution < -0.4 is 4.90 Å². The van der Waals surface area contributed by atoms with Gasteiger partial charge < -0.3 is 0 Å². The van der Waals surface area contributed by atoms with Crippen LogP contribution in [0.3, 0.4) is 0 Å². The van der Waals surface area contributed by atoms with Gasteiger partial charge in [0.05, 0.1) is 17.6 Å². The minimum absolute atomic E-state index is 0.0821. The van der Waals surface area contributed by atoms with Crippen molar-refractivity contribution in [2.24, 2.45) is 5.92 Å². The van der Waals surface area contributed by atoms with Crippen LogP contribution in [0.2, 0.25) is 0 Å². The molecule has 0 bridgehead atoms. The van der Waals surface area contributed by atoms with Crippen LogP contribution in [-0.4, -0.2) is 41.0 Å². The van der Waals surface area contributed by atoms with Crippen LogP contribution in [0.15, 0.2) is 66.7 Å². The van der Waals surface area contributed by atoms with Crippen molar-refractivity contribution < 1.29 is 9.59 Å². The van der Waals surface area contributed by atoms with E-state index in [0.717, 1.165) is 35.8 Å². The van der Waals surface area contributed by atoms with Gasteiger partial charge in [0.15, 0.2) is 0 Å². The van der Waals surface area contributed by atoms with Crippen molar-refractivity contribution in [2.75, 3.05) is 18.0 Å². The second kappa shape index (κ2) is 6.49. The molecule has 6 rings (SSSR count). The van der Waals surface area contributed by atoms with Crippen molar-refractivity contribution in [3.05, 3.63) is 77.9 Å². The lowest BCUT2D eigenvalue weighted by Crippen LogP contribution is -2.44. The van der Waals surface area contributed by atoms with E-state index in [-0.39, 0.29) is 23.8 Å². The predicted molar refractivity (Wildman–Crippen MR) is 116 cm³/mol. The van der Waals surface area contributed by atoms with Crippen molar-refractivity contribution in [3.63, 3.8) is 0 Å². The summed E-state index contributed by atoms with van der Waals surface area (Å²) in [6.07, 6.45) is 1.02. The number of imide groups is 1. The second-order valence-corrected chi connectivity index (χ2v) is 8.52. The minimum atomic E-state index is -0.412. The third-order valence-electron chi connectivity index (χ3n) is 6.83. The Balaban J connectivity index is 1.48. The van der Waals surface area contributed by atoms with E-state index >= 15 is 0 Å². The van der Waals surface area contributed by atoms with Gasteiger partial charge in [0, 0.05) is 18.5 Å². The fraction of sp³-hybridized carbons (Fsp3) is 0.280. The van der Waals surface area contributed by atoms with Gasteiger partial charge >= 0.3 is 0 Å². The molecule has 0 spiro atoms. The van der Waals surface area contributed by atoms with Crippen LogP contribution in [0.4, 0.5) is 5.69 Å². The zero-order valence-electron chi connectivity index (χ0n) is 16.9. The van der Waals surface area contributed by atoms with Crippen LogP contribution in [0.1, 0.15) is 23.6 Å². The molecule has 5 nitrogen and oxygen atoms in total. The van der Waals surface area contributed by atoms with E-state index in [1.807, 2.05) is 42.5 Å². The highest BCUT2D eigenvalue weighted by atomic mass is 16.2. The van der Waals surface area contributed by atoms with Crippen LogP contribution >= 0.6 is 0 Å². The first-order valence-corrected chi connectivity index (χ1v) is 10.6. The molecule has 30 heavy (non-hydrogen) atoms. The molecular formula is C25H23N3O2. The van der Waals surface area contributed by atoms with Gasteiger partial charge in [-0.15, -0.1) is 0 Å². The maximum atomic E-state index is 13.8. The van der Waals surface area contributed by atoms with E-state index in [1.54, 1.807) is 0 Å². The van der Waals surface area contributed by atoms with Crippen molar-refractivity contribution in [3.8, 4) is 0 Å². The lowest BCUT2D eigenvalue weighted by molar-refractivity contribution is -0.126. The molecule has 3 aromatic carbocycles. The number of fused-ring (bicyclic) bond motifs is 4. The summed E-state index contributed by atoms with van der Waals surface area (Å²) in [5.74, 6) is -0.552. The third kappa shape index (κ3) is 2.36. The molecule has 3 saturated heterocycles. The van der Waals surface area contributed by atoms with Gasteiger partial charge in [0.25, 0.3) is 5.91 Å². The lowest BCUT2D eigenvalue weighted by atomic mass is 9.89. The maximum Gasteiger partial charge on any atom is 0.253 e. The smallest absolute Gasteiger partial charge is 0.253 e. The van der Waals surface area contributed by atoms with Gasteiger partial charge in [0.1, 0.15) is 6.04 Å². The third-order valence-corrected chi connectivity index (χ3v) is 6.83. The first kappa shape index (κ1) is 17.8. The standard InChI is InChI=1S/C25H23N3O2/c1-16-10-12-18(13-11-16)22-21-23(27-15-5-14-26(22)27)25(30)28(24(21)29)20-9-4-7-17-6-2-3-8-19(17)20/h2-4,6-13,21-23H,5,14-15H2,1H3/t21-,22-,23-/m0/s1. The Morgan fingerprint density at radius 1 is 0.767 bits per heavy atom. The molecule has 0 N–H and O–H groups in total. The number of amides is 2. The fourth-order valence-electron chi connectivity index (χ4n) is 5.52. The van der Waals surface area contributed by atoms with Crippen molar-refractivity contribution >= 4 is 28.3 Å². The highest BCUT2D eigenvalue weighted by Gasteiger charge is 2.62. The van der Waals surface area contributed by atoms with Gasteiger partial charge in [-0.3, -0.25) is 9.59 Å². The van der Waals surface area contributed by atoms with E-state index in [4.69, 9.17) is 0 Å². The van der Waals surface area contributed by atoms with Gasteiger partial charge in [-0.1, -0.05) is 66.2 Å². The Morgan fingerprint density at radius 2 is 1.47 bits per heavy atom. The summed E-state index contributed by atoms with van der Waals surface area (Å²) in [6.45, 7) is 3.78. The summed E-state index contributed by atoms with van der Waals surface area (Å²) in [5, 5.41) is 6.38. The SMILES string of the molecule is Cc1ccc([C@H]2[C@@H]3C(=O)N(c4cccc5ccccc45)C(=O)[C@H]3N3CCCN23)cc1. The quantitative estimate of drug-likeness (QED) is 0.619. The number of hydrogen-bond acceptors (Lipinski definition) is 4. The van der Waals surface area contributed by atoms with Gasteiger partial charge in [-0.2, -0.15) is 0 Å². The Morgan fingerprint density at radius 3 is 2.27 bits per heavy atom. The Labute approximate surface area is 175 Å². The topological polar surface area (TPSA) is 43.9 Å². The zero-order chi connectivity index (χ0) is 20.4. The maximum absolute atomic E-state index is 13.8. The minimum Gasteiger partial charge on any atom is -0.274 e. The number of carbonyl (C=O) groups is 2. The van der Waals surface area contributed by atoms with Gasteiger partial charge in [-0.25, -0.2) is 14.9 Å². The summed E-state index contributed by atoms with van der Waals surface area (Å²) in [7, 11) is 0. The van der Waals surface area contributed by atoms with E-state index in [0.29, 0.717) is 5.69 Å². The molecule has 150 valence electrons. The highest BCUT2D eigenvalue weighted by Crippen LogP contribution is 2.49. The average molecular weight is 397 g/mol. The molecule has 0 unspecified atom stereocenters. The molecule has 0 aromatic heterocycles.